The standard InChI is InChI=1S/C72H69FN4O2.Pt/c1-44(2)57-38-52(48-20-13-11-14-21-48)39-58(45(3)4)66(57)76-64-27-18-17-26-62(64)74-69(76)51-24-19-25-55(37-51)79-56-36-50-30-35-78-68(50)61(43-56)70-75-63-42-54(72(73)33-31-71(9,10)32-34-72)28-29-65(63)77(70)67-59(46(5)6)40-53(41-60(67)47(7)8)49-22-15-12-16-23-49;/h11-30,35-36,38-42,44-47H,31-34H2,1-10H3;/q-2;+2. The van der Waals surface area contributed by atoms with Crippen LogP contribution in [0.5, 0.6) is 11.5 Å². The van der Waals surface area contributed by atoms with E-state index in [1.165, 1.54) is 33.4 Å². The second-order valence-electron chi connectivity index (χ2n) is 24.0. The molecule has 8 aromatic carbocycles. The largest absolute Gasteiger partial charge is 2.00 e. The van der Waals surface area contributed by atoms with E-state index in [1.54, 1.807) is 6.26 Å². The van der Waals surface area contributed by atoms with Crippen LogP contribution in [0.4, 0.5) is 4.39 Å². The number of para-hydroxylation sites is 2. The fourth-order valence-corrected chi connectivity index (χ4v) is 12.0. The van der Waals surface area contributed by atoms with Gasteiger partial charge in [-0.2, -0.15) is 0 Å². The van der Waals surface area contributed by atoms with Crippen molar-refractivity contribution in [3.63, 3.8) is 0 Å². The van der Waals surface area contributed by atoms with Gasteiger partial charge in [0.05, 0.1) is 45.6 Å². The molecule has 3 heterocycles. The minimum atomic E-state index is -1.44. The van der Waals surface area contributed by atoms with Crippen LogP contribution in [0, 0.1) is 17.5 Å². The van der Waals surface area contributed by atoms with Crippen LogP contribution in [0.1, 0.15) is 146 Å². The van der Waals surface area contributed by atoms with Gasteiger partial charge in [0.1, 0.15) is 5.67 Å². The number of furan rings is 1. The van der Waals surface area contributed by atoms with Gasteiger partial charge in [0.25, 0.3) is 0 Å². The average Bonchev–Trinajstić information content (AvgIpc) is 4.23. The molecule has 8 heteroatoms. The van der Waals surface area contributed by atoms with Gasteiger partial charge in [-0.05, 0) is 159 Å². The van der Waals surface area contributed by atoms with E-state index >= 15 is 4.39 Å². The Morgan fingerprint density at radius 2 is 1.04 bits per heavy atom. The van der Waals surface area contributed by atoms with Crippen molar-refractivity contribution in [2.75, 3.05) is 0 Å². The predicted octanol–water partition coefficient (Wildman–Crippen LogP) is 20.4. The topological polar surface area (TPSA) is 58.0 Å². The number of nitrogens with zero attached hydrogens (tertiary/aromatic N) is 4. The Balaban J connectivity index is 0.00000675. The summed E-state index contributed by atoms with van der Waals surface area (Å²) >= 11 is 0. The van der Waals surface area contributed by atoms with E-state index < -0.39 is 5.67 Å². The molecule has 0 N–H and O–H groups in total. The van der Waals surface area contributed by atoms with E-state index in [2.05, 4.69) is 206 Å². The van der Waals surface area contributed by atoms with Crippen molar-refractivity contribution < 1.29 is 34.6 Å². The first kappa shape index (κ1) is 54.6. The number of halogens is 1. The molecule has 0 amide bonds. The zero-order chi connectivity index (χ0) is 54.9. The van der Waals surface area contributed by atoms with Gasteiger partial charge in [0.2, 0.25) is 0 Å². The molecule has 1 fully saturated rings. The molecule has 80 heavy (non-hydrogen) atoms. The number of imidazole rings is 2. The Kier molecular flexibility index (Phi) is 14.8. The number of rotatable bonds is 13. The summed E-state index contributed by atoms with van der Waals surface area (Å²) < 4.78 is 35.3. The molecule has 0 saturated heterocycles. The van der Waals surface area contributed by atoms with Crippen LogP contribution in [0.3, 0.4) is 0 Å². The molecule has 0 aliphatic heterocycles. The van der Waals surface area contributed by atoms with Crippen LogP contribution in [0.25, 0.3) is 89.4 Å². The number of hydrogen-bond acceptors (Lipinski definition) is 4. The Labute approximate surface area is 485 Å². The van der Waals surface area contributed by atoms with E-state index in [1.807, 2.05) is 42.5 Å². The van der Waals surface area contributed by atoms with Gasteiger partial charge in [-0.15, -0.1) is 23.8 Å². The van der Waals surface area contributed by atoms with E-state index in [0.717, 1.165) is 68.7 Å². The number of benzene rings is 8. The van der Waals surface area contributed by atoms with E-state index in [4.69, 9.17) is 19.1 Å². The molecule has 406 valence electrons. The third-order valence-electron chi connectivity index (χ3n) is 16.5. The summed E-state index contributed by atoms with van der Waals surface area (Å²) in [6.07, 6.45) is 4.31. The number of aromatic nitrogens is 4. The minimum absolute atomic E-state index is 0. The smallest absolute Gasteiger partial charge is 0.508 e. The quantitative estimate of drug-likeness (QED) is 0.108. The normalized spacial score (nSPS) is 14.3. The van der Waals surface area contributed by atoms with Crippen LogP contribution in [0.2, 0.25) is 0 Å². The van der Waals surface area contributed by atoms with Gasteiger partial charge in [-0.25, -0.2) is 4.39 Å². The van der Waals surface area contributed by atoms with Gasteiger partial charge in [0, 0.05) is 22.9 Å². The summed E-state index contributed by atoms with van der Waals surface area (Å²) in [7, 11) is 0. The Bertz CT molecular complexity index is 4000. The zero-order valence-electron chi connectivity index (χ0n) is 47.5. The molecule has 1 aliphatic rings. The van der Waals surface area contributed by atoms with Gasteiger partial charge < -0.3 is 18.3 Å². The molecule has 0 atom stereocenters. The van der Waals surface area contributed by atoms with Gasteiger partial charge in [0.15, 0.2) is 0 Å². The summed E-state index contributed by atoms with van der Waals surface area (Å²) in [5.74, 6) is 3.12. The summed E-state index contributed by atoms with van der Waals surface area (Å²) in [5, 5.41) is 0.836. The number of hydrogen-bond donors (Lipinski definition) is 0. The van der Waals surface area contributed by atoms with E-state index in [-0.39, 0.29) is 50.2 Å². The van der Waals surface area contributed by atoms with Crippen molar-refractivity contribution in [2.45, 2.75) is 124 Å². The first-order valence-electron chi connectivity index (χ1n) is 28.4. The van der Waals surface area contributed by atoms with Crippen molar-refractivity contribution >= 4 is 33.0 Å². The van der Waals surface area contributed by atoms with Crippen LogP contribution in [-0.2, 0) is 26.7 Å². The molecular formula is C72H69FN4O2Pt. The van der Waals surface area contributed by atoms with Gasteiger partial charge in [-0.3, -0.25) is 9.97 Å². The number of fused-ring (bicyclic) bond motifs is 3. The molecule has 0 bridgehead atoms. The molecule has 3 aromatic heterocycles. The summed E-state index contributed by atoms with van der Waals surface area (Å²) in [5.41, 5.74) is 16.7. The average molecular weight is 1240 g/mol. The van der Waals surface area contributed by atoms with Crippen molar-refractivity contribution in [2.24, 2.45) is 5.41 Å². The Morgan fingerprint density at radius 3 is 1.61 bits per heavy atom. The van der Waals surface area contributed by atoms with Crippen LogP contribution in [0.15, 0.2) is 168 Å². The van der Waals surface area contributed by atoms with Gasteiger partial charge in [-0.1, -0.05) is 177 Å². The SMILES string of the molecule is CC(C)c1cc(-c2ccccc2)cc(C(C)C)c1-n1c(-c2[c-]c(Oc3[c-]c(-c4nc5cc(C6(F)CCC(C)(C)CC6)ccc5n4-c4c(C(C)C)cc(-c5ccccc5)cc4C(C)C)c4occc4c3)ccc2)nc2ccccc21.[Pt+2]. The zero-order valence-corrected chi connectivity index (χ0v) is 49.8. The third-order valence-corrected chi connectivity index (χ3v) is 16.5. The van der Waals surface area contributed by atoms with E-state index in [9.17, 15) is 0 Å². The summed E-state index contributed by atoms with van der Waals surface area (Å²) in [6.45, 7) is 22.6. The molecule has 1 saturated carbocycles. The maximum atomic E-state index is 17.3. The number of alkyl halides is 1. The molecular weight excluding hydrogens is 1170 g/mol. The van der Waals surface area contributed by atoms with E-state index in [0.29, 0.717) is 52.4 Å². The monoisotopic (exact) mass is 1240 g/mol. The third kappa shape index (κ3) is 10.1. The second-order valence-corrected chi connectivity index (χ2v) is 24.0. The predicted molar refractivity (Wildman–Crippen MR) is 323 cm³/mol. The van der Waals surface area contributed by atoms with Crippen molar-refractivity contribution in [1.82, 2.24) is 19.1 Å². The fraction of sp³-hybridized carbons (Fsp3) is 0.278. The summed E-state index contributed by atoms with van der Waals surface area (Å²) in [6, 6.07) is 62.4. The van der Waals surface area contributed by atoms with Crippen molar-refractivity contribution in [1.29, 1.82) is 0 Å². The van der Waals surface area contributed by atoms with Crippen LogP contribution in [-0.4, -0.2) is 19.1 Å². The summed E-state index contributed by atoms with van der Waals surface area (Å²) in [4.78, 5) is 10.9. The molecule has 1 aliphatic carbocycles. The molecule has 11 aromatic rings. The van der Waals surface area contributed by atoms with Crippen molar-refractivity contribution in [3.05, 3.63) is 204 Å². The van der Waals surface area contributed by atoms with Gasteiger partial charge >= 0.3 is 21.1 Å². The molecule has 6 nitrogen and oxygen atoms in total. The first-order chi connectivity index (χ1) is 38.0. The Morgan fingerprint density at radius 1 is 0.512 bits per heavy atom. The molecule has 12 rings (SSSR count). The maximum Gasteiger partial charge on any atom is 2.00 e. The minimum Gasteiger partial charge on any atom is -0.508 e. The fourth-order valence-electron chi connectivity index (χ4n) is 12.0. The number of ether oxygens (including phenoxy) is 1. The van der Waals surface area contributed by atoms with Crippen LogP contribution >= 0.6 is 0 Å². The molecule has 0 radical (unpaired) electrons. The Hall–Kier alpha value is -7.34. The van der Waals surface area contributed by atoms with Crippen molar-refractivity contribution in [3.8, 4) is 67.9 Å². The molecule has 0 spiro atoms. The van der Waals surface area contributed by atoms with Crippen LogP contribution < -0.4 is 4.74 Å². The first-order valence-corrected chi connectivity index (χ1v) is 28.4. The second kappa shape index (κ2) is 21.6. The maximum absolute atomic E-state index is 17.3. The molecule has 0 unspecified atom stereocenters.